The molecule has 0 fully saturated rings. The van der Waals surface area contributed by atoms with E-state index in [9.17, 15) is 18.0 Å². The number of carbonyl (C=O) groups is 1. The molecule has 1 aromatic carbocycles. The first-order valence-corrected chi connectivity index (χ1v) is 5.53. The number of alkyl halides is 2. The second-order valence-corrected chi connectivity index (χ2v) is 4.30. The number of hydrogen-bond donors (Lipinski definition) is 2. The highest BCUT2D eigenvalue weighted by molar-refractivity contribution is 6.36. The van der Waals surface area contributed by atoms with E-state index in [0.717, 1.165) is 12.1 Å². The topological polar surface area (TPSA) is 55.1 Å². The minimum atomic E-state index is -3.23. The van der Waals surface area contributed by atoms with Crippen LogP contribution >= 0.6 is 35.6 Å². The van der Waals surface area contributed by atoms with Crippen molar-refractivity contribution < 1.29 is 18.0 Å². The monoisotopic (exact) mass is 336 g/mol. The highest BCUT2D eigenvalue weighted by Crippen LogP contribution is 2.24. The minimum absolute atomic E-state index is 0. The summed E-state index contributed by atoms with van der Waals surface area (Å²) in [4.78, 5) is 11.5. The minimum Gasteiger partial charge on any atom is -0.346 e. The van der Waals surface area contributed by atoms with E-state index in [1.807, 2.05) is 5.32 Å². The average molecular weight is 338 g/mol. The maximum Gasteiger partial charge on any atom is 0.277 e. The molecule has 0 aliphatic rings. The Morgan fingerprint density at radius 2 is 1.89 bits per heavy atom. The molecule has 0 bridgehead atoms. The summed E-state index contributed by atoms with van der Waals surface area (Å²) in [6.45, 7) is -1.86. The van der Waals surface area contributed by atoms with Crippen molar-refractivity contribution in [3.8, 4) is 0 Å². The van der Waals surface area contributed by atoms with Crippen molar-refractivity contribution in [2.45, 2.75) is 5.92 Å². The normalized spacial score (nSPS) is 10.8. The number of carbonyl (C=O) groups excluding carboxylic acids is 1. The lowest BCUT2D eigenvalue weighted by atomic mass is 10.2. The van der Waals surface area contributed by atoms with Crippen LogP contribution < -0.4 is 11.1 Å². The van der Waals surface area contributed by atoms with Crippen LogP contribution in [0.5, 0.6) is 0 Å². The maximum absolute atomic E-state index is 13.1. The summed E-state index contributed by atoms with van der Waals surface area (Å²) in [6, 6.07) is 1.80. The number of hydrogen-bond acceptors (Lipinski definition) is 2. The summed E-state index contributed by atoms with van der Waals surface area (Å²) in [7, 11) is 0. The molecule has 1 rings (SSSR count). The Labute approximate surface area is 123 Å². The summed E-state index contributed by atoms with van der Waals surface area (Å²) in [5.74, 6) is -5.02. The number of rotatable bonds is 4. The van der Waals surface area contributed by atoms with Gasteiger partial charge in [0.1, 0.15) is 5.82 Å². The van der Waals surface area contributed by atoms with Crippen LogP contribution in [0.3, 0.4) is 0 Å². The first-order valence-electron chi connectivity index (χ1n) is 4.77. The third-order valence-electron chi connectivity index (χ3n) is 2.06. The Morgan fingerprint density at radius 3 is 2.42 bits per heavy atom. The summed E-state index contributed by atoms with van der Waals surface area (Å²) in [5.41, 5.74) is 4.53. The van der Waals surface area contributed by atoms with Crippen LogP contribution in [0.2, 0.25) is 10.0 Å². The standard InChI is InChI=1S/C10H9Cl2F3N2O.ClH/c11-6-2-7(12)8(13)1-5(6)9(18)17-4-10(14,15)3-16;/h1-2H,3-4,16H2,(H,17,18);1H. The van der Waals surface area contributed by atoms with Crippen LogP contribution in [0.1, 0.15) is 10.4 Å². The van der Waals surface area contributed by atoms with Crippen LogP contribution in [0.4, 0.5) is 13.2 Å². The zero-order valence-electron chi connectivity index (χ0n) is 9.35. The number of benzene rings is 1. The van der Waals surface area contributed by atoms with Gasteiger partial charge in [0.25, 0.3) is 11.8 Å². The number of nitrogens with two attached hydrogens (primary N) is 1. The van der Waals surface area contributed by atoms with Crippen molar-refractivity contribution in [3.63, 3.8) is 0 Å². The molecule has 3 nitrogen and oxygen atoms in total. The fraction of sp³-hybridized carbons (Fsp3) is 0.300. The van der Waals surface area contributed by atoms with E-state index in [-0.39, 0.29) is 28.0 Å². The van der Waals surface area contributed by atoms with Crippen molar-refractivity contribution in [1.29, 1.82) is 0 Å². The smallest absolute Gasteiger partial charge is 0.277 e. The lowest BCUT2D eigenvalue weighted by Crippen LogP contribution is -2.41. The molecule has 0 atom stereocenters. The molecular formula is C10H10Cl3F3N2O. The molecule has 0 spiro atoms. The van der Waals surface area contributed by atoms with Gasteiger partial charge < -0.3 is 11.1 Å². The van der Waals surface area contributed by atoms with Gasteiger partial charge in [-0.15, -0.1) is 12.4 Å². The van der Waals surface area contributed by atoms with Crippen molar-refractivity contribution in [1.82, 2.24) is 5.32 Å². The SMILES string of the molecule is Cl.NCC(F)(F)CNC(=O)c1cc(F)c(Cl)cc1Cl. The van der Waals surface area contributed by atoms with Gasteiger partial charge in [-0.05, 0) is 12.1 Å². The van der Waals surface area contributed by atoms with E-state index in [1.165, 1.54) is 0 Å². The average Bonchev–Trinajstić information content (AvgIpc) is 2.31. The van der Waals surface area contributed by atoms with Gasteiger partial charge in [0.15, 0.2) is 0 Å². The maximum atomic E-state index is 13.1. The Morgan fingerprint density at radius 1 is 1.32 bits per heavy atom. The Balaban J connectivity index is 0.00000324. The lowest BCUT2D eigenvalue weighted by Gasteiger charge is -2.15. The van der Waals surface area contributed by atoms with Crippen molar-refractivity contribution >= 4 is 41.5 Å². The van der Waals surface area contributed by atoms with Crippen molar-refractivity contribution in [2.75, 3.05) is 13.1 Å². The van der Waals surface area contributed by atoms with Crippen LogP contribution in [-0.4, -0.2) is 24.9 Å². The summed E-state index contributed by atoms with van der Waals surface area (Å²) in [5, 5.41) is 1.52. The van der Waals surface area contributed by atoms with E-state index in [4.69, 9.17) is 28.9 Å². The Kier molecular flexibility index (Phi) is 6.93. The second-order valence-electron chi connectivity index (χ2n) is 3.49. The Hall–Kier alpha value is -0.690. The summed E-state index contributed by atoms with van der Waals surface area (Å²) >= 11 is 11.1. The molecular weight excluding hydrogens is 327 g/mol. The molecule has 0 radical (unpaired) electrons. The van der Waals surface area contributed by atoms with E-state index in [2.05, 4.69) is 0 Å². The zero-order chi connectivity index (χ0) is 13.9. The van der Waals surface area contributed by atoms with E-state index < -0.39 is 30.7 Å². The summed E-state index contributed by atoms with van der Waals surface area (Å²) < 4.78 is 38.7. The molecule has 108 valence electrons. The zero-order valence-corrected chi connectivity index (χ0v) is 11.7. The fourth-order valence-electron chi connectivity index (χ4n) is 1.07. The molecule has 3 N–H and O–H groups in total. The van der Waals surface area contributed by atoms with Gasteiger partial charge in [0.05, 0.1) is 28.7 Å². The molecule has 1 amide bonds. The van der Waals surface area contributed by atoms with Gasteiger partial charge in [-0.1, -0.05) is 23.2 Å². The van der Waals surface area contributed by atoms with E-state index in [1.54, 1.807) is 0 Å². The third-order valence-corrected chi connectivity index (χ3v) is 2.66. The molecule has 19 heavy (non-hydrogen) atoms. The van der Waals surface area contributed by atoms with Gasteiger partial charge in [0.2, 0.25) is 0 Å². The highest BCUT2D eigenvalue weighted by atomic mass is 35.5. The number of nitrogens with one attached hydrogen (secondary N) is 1. The third kappa shape index (κ3) is 5.06. The molecule has 0 aliphatic heterocycles. The molecule has 0 saturated carbocycles. The first kappa shape index (κ1) is 18.3. The van der Waals surface area contributed by atoms with Crippen molar-refractivity contribution in [2.24, 2.45) is 5.73 Å². The quantitative estimate of drug-likeness (QED) is 0.830. The molecule has 9 heteroatoms. The van der Waals surface area contributed by atoms with Gasteiger partial charge in [-0.3, -0.25) is 4.79 Å². The van der Waals surface area contributed by atoms with Gasteiger partial charge in [0, 0.05) is 0 Å². The predicted molar refractivity (Wildman–Crippen MR) is 70.0 cm³/mol. The summed E-state index contributed by atoms with van der Waals surface area (Å²) in [6.07, 6.45) is 0. The fourth-order valence-corrected chi connectivity index (χ4v) is 1.54. The molecule has 0 aromatic heterocycles. The van der Waals surface area contributed by atoms with Crippen LogP contribution in [0, 0.1) is 5.82 Å². The molecule has 0 saturated heterocycles. The van der Waals surface area contributed by atoms with Gasteiger partial charge in [-0.25, -0.2) is 13.2 Å². The number of amides is 1. The molecule has 0 aliphatic carbocycles. The lowest BCUT2D eigenvalue weighted by molar-refractivity contribution is 0.0118. The first-order chi connectivity index (χ1) is 8.26. The predicted octanol–water partition coefficient (Wildman–Crippen LogP) is 2.88. The molecule has 0 heterocycles. The van der Waals surface area contributed by atoms with E-state index >= 15 is 0 Å². The van der Waals surface area contributed by atoms with Gasteiger partial charge in [-0.2, -0.15) is 0 Å². The van der Waals surface area contributed by atoms with Crippen LogP contribution in [0.25, 0.3) is 0 Å². The van der Waals surface area contributed by atoms with Crippen LogP contribution in [-0.2, 0) is 0 Å². The second kappa shape index (κ2) is 7.19. The van der Waals surface area contributed by atoms with Crippen molar-refractivity contribution in [3.05, 3.63) is 33.6 Å². The van der Waals surface area contributed by atoms with E-state index in [0.29, 0.717) is 0 Å². The highest BCUT2D eigenvalue weighted by Gasteiger charge is 2.27. The van der Waals surface area contributed by atoms with Gasteiger partial charge >= 0.3 is 0 Å². The Bertz CT molecular complexity index is 472. The molecule has 1 aromatic rings. The number of halogens is 6. The van der Waals surface area contributed by atoms with Crippen LogP contribution in [0.15, 0.2) is 12.1 Å². The molecule has 0 unspecified atom stereocenters. The largest absolute Gasteiger partial charge is 0.346 e.